The van der Waals surface area contributed by atoms with Crippen LogP contribution >= 0.6 is 11.6 Å². The van der Waals surface area contributed by atoms with Gasteiger partial charge < -0.3 is 15.1 Å². The van der Waals surface area contributed by atoms with E-state index < -0.39 is 17.7 Å². The van der Waals surface area contributed by atoms with Gasteiger partial charge in [-0.25, -0.2) is 0 Å². The molecule has 140 valence electrons. The number of carbonyl (C=O) groups is 2. The molecule has 1 amide bonds. The number of hydrogen-bond acceptors (Lipinski definition) is 5. The third-order valence-corrected chi connectivity index (χ3v) is 4.84. The normalized spacial score (nSPS) is 18.9. The number of nitrogens with zero attached hydrogens (tertiary/aromatic N) is 2. The van der Waals surface area contributed by atoms with Crippen molar-refractivity contribution in [1.29, 1.82) is 0 Å². The lowest BCUT2D eigenvalue weighted by molar-refractivity contribution is -0.139. The topological polar surface area (TPSA) is 90.7 Å². The van der Waals surface area contributed by atoms with Crippen LogP contribution < -0.4 is 0 Å². The van der Waals surface area contributed by atoms with Crippen LogP contribution in [-0.4, -0.2) is 38.3 Å². The lowest BCUT2D eigenvalue weighted by Gasteiger charge is -2.25. The fraction of sp³-hybridized carbons (Fsp3) is 0.250. The molecule has 2 N–H and O–H groups in total. The summed E-state index contributed by atoms with van der Waals surface area (Å²) in [6.07, 6.45) is 4.55. The van der Waals surface area contributed by atoms with Gasteiger partial charge in [0.15, 0.2) is 0 Å². The first-order valence-electron chi connectivity index (χ1n) is 8.63. The van der Waals surface area contributed by atoms with Crippen molar-refractivity contribution in [2.24, 2.45) is 0 Å². The highest BCUT2D eigenvalue weighted by molar-refractivity contribution is 6.46. The SMILES string of the molecule is CCCCN1C(=O)C(=O)/C(=C(\O)c2ccncc2)C1c1ccc(O)c(Cl)c1. The van der Waals surface area contributed by atoms with Crippen LogP contribution in [0.3, 0.4) is 0 Å². The fourth-order valence-corrected chi connectivity index (χ4v) is 3.33. The number of Topliss-reactive ketones (excluding diaryl/α,β-unsaturated/α-hetero) is 1. The zero-order valence-corrected chi connectivity index (χ0v) is 15.5. The number of carbonyl (C=O) groups excluding carboxylic acids is 2. The quantitative estimate of drug-likeness (QED) is 0.465. The molecule has 0 aliphatic carbocycles. The predicted molar refractivity (Wildman–Crippen MR) is 101 cm³/mol. The molecule has 2 aromatic rings. The van der Waals surface area contributed by atoms with Crippen molar-refractivity contribution in [2.45, 2.75) is 25.8 Å². The number of benzene rings is 1. The maximum absolute atomic E-state index is 12.7. The monoisotopic (exact) mass is 386 g/mol. The van der Waals surface area contributed by atoms with Crippen molar-refractivity contribution in [2.75, 3.05) is 6.54 Å². The summed E-state index contributed by atoms with van der Waals surface area (Å²) in [5.41, 5.74) is 0.945. The molecule has 1 aromatic carbocycles. The van der Waals surface area contributed by atoms with Gasteiger partial charge in [-0.15, -0.1) is 0 Å². The number of aromatic nitrogens is 1. The summed E-state index contributed by atoms with van der Waals surface area (Å²) in [7, 11) is 0. The molecule has 6 nitrogen and oxygen atoms in total. The number of aliphatic hydroxyl groups is 1. The molecule has 1 aromatic heterocycles. The summed E-state index contributed by atoms with van der Waals surface area (Å²) in [5, 5.41) is 20.6. The van der Waals surface area contributed by atoms with Gasteiger partial charge in [0, 0.05) is 24.5 Å². The Balaban J connectivity index is 2.18. The summed E-state index contributed by atoms with van der Waals surface area (Å²) in [6.45, 7) is 2.36. The first-order valence-corrected chi connectivity index (χ1v) is 9.00. The molecule has 2 heterocycles. The average Bonchev–Trinajstić information content (AvgIpc) is 2.93. The summed E-state index contributed by atoms with van der Waals surface area (Å²) >= 11 is 6.04. The van der Waals surface area contributed by atoms with Gasteiger partial charge in [0.2, 0.25) is 0 Å². The number of rotatable bonds is 5. The number of ketones is 1. The number of aromatic hydroxyl groups is 1. The van der Waals surface area contributed by atoms with Crippen molar-refractivity contribution < 1.29 is 19.8 Å². The Hall–Kier alpha value is -2.86. The van der Waals surface area contributed by atoms with Crippen molar-refractivity contribution in [3.8, 4) is 5.75 Å². The zero-order valence-electron chi connectivity index (χ0n) is 14.7. The second-order valence-electron chi connectivity index (χ2n) is 6.29. The number of pyridine rings is 1. The molecule has 1 aliphatic rings. The van der Waals surface area contributed by atoms with E-state index in [1.54, 1.807) is 18.2 Å². The third-order valence-electron chi connectivity index (χ3n) is 4.53. The molecule has 27 heavy (non-hydrogen) atoms. The second kappa shape index (κ2) is 7.80. The molecule has 1 fully saturated rings. The van der Waals surface area contributed by atoms with Crippen molar-refractivity contribution in [3.05, 3.63) is 64.4 Å². The van der Waals surface area contributed by atoms with Gasteiger partial charge in [-0.05, 0) is 36.2 Å². The smallest absolute Gasteiger partial charge is 0.295 e. The number of hydrogen-bond donors (Lipinski definition) is 2. The van der Waals surface area contributed by atoms with Gasteiger partial charge in [0.1, 0.15) is 11.5 Å². The molecule has 1 atom stereocenters. The van der Waals surface area contributed by atoms with E-state index in [9.17, 15) is 19.8 Å². The maximum atomic E-state index is 12.7. The highest BCUT2D eigenvalue weighted by Gasteiger charge is 2.45. The van der Waals surface area contributed by atoms with Gasteiger partial charge in [-0.3, -0.25) is 14.6 Å². The molecular weight excluding hydrogens is 368 g/mol. The number of unbranched alkanes of at least 4 members (excludes halogenated alkanes) is 1. The number of likely N-dealkylation sites (tertiary alicyclic amines) is 1. The maximum Gasteiger partial charge on any atom is 0.295 e. The Bertz CT molecular complexity index is 911. The van der Waals surface area contributed by atoms with E-state index in [-0.39, 0.29) is 22.1 Å². The number of phenols is 1. The first-order chi connectivity index (χ1) is 13.0. The van der Waals surface area contributed by atoms with Gasteiger partial charge >= 0.3 is 0 Å². The molecule has 0 bridgehead atoms. The first kappa shape index (κ1) is 18.9. The van der Waals surface area contributed by atoms with Gasteiger partial charge in [-0.1, -0.05) is 31.0 Å². The molecule has 0 radical (unpaired) electrons. The van der Waals surface area contributed by atoms with Crippen LogP contribution in [0, 0.1) is 0 Å². The highest BCUT2D eigenvalue weighted by atomic mass is 35.5. The number of aliphatic hydroxyl groups excluding tert-OH is 1. The molecule has 7 heteroatoms. The van der Waals surface area contributed by atoms with Crippen molar-refractivity contribution in [3.63, 3.8) is 0 Å². The minimum absolute atomic E-state index is 0.00376. The molecule has 1 unspecified atom stereocenters. The Kier molecular flexibility index (Phi) is 5.46. The molecular formula is C20H19ClN2O4. The summed E-state index contributed by atoms with van der Waals surface area (Å²) in [4.78, 5) is 30.7. The third kappa shape index (κ3) is 3.53. The largest absolute Gasteiger partial charge is 0.507 e. The van der Waals surface area contributed by atoms with Crippen molar-refractivity contribution >= 4 is 29.1 Å². The number of phenolic OH excluding ortho intramolecular Hbond substituents is 1. The molecule has 3 rings (SSSR count). The Labute approximate surface area is 161 Å². The molecule has 0 spiro atoms. The standard InChI is InChI=1S/C20H19ClN2O4/c1-2-3-10-23-17(13-4-5-15(24)14(21)11-13)16(19(26)20(23)27)18(25)12-6-8-22-9-7-12/h4-9,11,17,24-25H,2-3,10H2,1H3/b18-16-. The van der Waals surface area contributed by atoms with Crippen LogP contribution in [0.2, 0.25) is 5.02 Å². The molecule has 1 aliphatic heterocycles. The van der Waals surface area contributed by atoms with E-state index in [4.69, 9.17) is 11.6 Å². The number of halogens is 1. The van der Waals surface area contributed by atoms with Crippen LogP contribution in [0.25, 0.3) is 5.76 Å². The van der Waals surface area contributed by atoms with Gasteiger partial charge in [0.05, 0.1) is 16.6 Å². The van der Waals surface area contributed by atoms with Crippen LogP contribution in [0.15, 0.2) is 48.3 Å². The van der Waals surface area contributed by atoms with Crippen molar-refractivity contribution in [1.82, 2.24) is 9.88 Å². The van der Waals surface area contributed by atoms with E-state index in [0.29, 0.717) is 24.1 Å². The Morgan fingerprint density at radius 3 is 2.56 bits per heavy atom. The lowest BCUT2D eigenvalue weighted by Crippen LogP contribution is -2.30. The van der Waals surface area contributed by atoms with Crippen LogP contribution in [0.4, 0.5) is 0 Å². The fourth-order valence-electron chi connectivity index (χ4n) is 3.14. The van der Waals surface area contributed by atoms with E-state index >= 15 is 0 Å². The molecule has 1 saturated heterocycles. The minimum atomic E-state index is -0.775. The lowest BCUT2D eigenvalue weighted by atomic mass is 9.95. The Morgan fingerprint density at radius 1 is 1.22 bits per heavy atom. The minimum Gasteiger partial charge on any atom is -0.507 e. The predicted octanol–water partition coefficient (Wildman–Crippen LogP) is 3.66. The van der Waals surface area contributed by atoms with Gasteiger partial charge in [0.25, 0.3) is 11.7 Å². The zero-order chi connectivity index (χ0) is 19.6. The van der Waals surface area contributed by atoms with Crippen LogP contribution in [0.5, 0.6) is 5.75 Å². The van der Waals surface area contributed by atoms with Crippen LogP contribution in [0.1, 0.15) is 36.9 Å². The van der Waals surface area contributed by atoms with E-state index in [1.165, 1.54) is 29.4 Å². The highest BCUT2D eigenvalue weighted by Crippen LogP contribution is 2.41. The van der Waals surface area contributed by atoms with E-state index in [1.807, 2.05) is 6.92 Å². The average molecular weight is 387 g/mol. The van der Waals surface area contributed by atoms with Gasteiger partial charge in [-0.2, -0.15) is 0 Å². The second-order valence-corrected chi connectivity index (χ2v) is 6.70. The summed E-state index contributed by atoms with van der Waals surface area (Å²) in [5.74, 6) is -1.76. The molecule has 0 saturated carbocycles. The summed E-state index contributed by atoms with van der Waals surface area (Å²) in [6, 6.07) is 6.86. The van der Waals surface area contributed by atoms with E-state index in [2.05, 4.69) is 4.98 Å². The van der Waals surface area contributed by atoms with E-state index in [0.717, 1.165) is 6.42 Å². The summed E-state index contributed by atoms with van der Waals surface area (Å²) < 4.78 is 0. The van der Waals surface area contributed by atoms with Crippen LogP contribution in [-0.2, 0) is 9.59 Å². The Morgan fingerprint density at radius 2 is 1.93 bits per heavy atom. The number of amides is 1.